The Morgan fingerprint density at radius 2 is 1.56 bits per heavy atom. The maximum Gasteiger partial charge on any atom is 0.315 e. The Morgan fingerprint density at radius 3 is 2.17 bits per heavy atom. The van der Waals surface area contributed by atoms with Gasteiger partial charge >= 0.3 is 5.97 Å². The van der Waals surface area contributed by atoms with Crippen molar-refractivity contribution in [1.29, 1.82) is 0 Å². The Kier molecular flexibility index (Phi) is 10.7. The highest BCUT2D eigenvalue weighted by molar-refractivity contribution is 14.1. The standard InChI is InChI=1S/C33H34FIN2O4/c1-22(2)31-30(33(40)36-26-12-7-4-8-13-26)29(23-10-5-3-6-11-23)32(24-16-18-25(34)19-17-24)37(31)21-20-27(38)14-9-15-28(39)41-35/h3-8,10-13,16-19,22,27,38H,9,14-15,20-21H2,1-2H3,(H,36,40)/t27-/m0/s1. The molecule has 6 nitrogen and oxygen atoms in total. The number of para-hydroxylation sites is 1. The van der Waals surface area contributed by atoms with Crippen LogP contribution in [0.5, 0.6) is 0 Å². The van der Waals surface area contributed by atoms with Crippen molar-refractivity contribution < 1.29 is 22.2 Å². The zero-order valence-corrected chi connectivity index (χ0v) is 25.3. The third kappa shape index (κ3) is 7.62. The van der Waals surface area contributed by atoms with E-state index in [9.17, 15) is 19.1 Å². The maximum absolute atomic E-state index is 14.1. The molecule has 0 aliphatic rings. The van der Waals surface area contributed by atoms with Gasteiger partial charge in [-0.3, -0.25) is 9.59 Å². The van der Waals surface area contributed by atoms with Gasteiger partial charge in [-0.15, -0.1) is 0 Å². The van der Waals surface area contributed by atoms with Crippen LogP contribution in [0.3, 0.4) is 0 Å². The summed E-state index contributed by atoms with van der Waals surface area (Å²) in [5, 5.41) is 13.9. The van der Waals surface area contributed by atoms with Gasteiger partial charge in [0.15, 0.2) is 23.0 Å². The molecule has 3 aromatic carbocycles. The van der Waals surface area contributed by atoms with Crippen LogP contribution >= 0.6 is 23.0 Å². The van der Waals surface area contributed by atoms with Crippen LogP contribution < -0.4 is 5.32 Å². The summed E-state index contributed by atoms with van der Waals surface area (Å²) >= 11 is 1.57. The number of anilines is 1. The van der Waals surface area contributed by atoms with Crippen molar-refractivity contribution >= 4 is 40.6 Å². The molecule has 0 unspecified atom stereocenters. The van der Waals surface area contributed by atoms with Gasteiger partial charge in [-0.1, -0.05) is 62.4 Å². The molecule has 0 saturated carbocycles. The van der Waals surface area contributed by atoms with Gasteiger partial charge in [0.2, 0.25) is 0 Å². The largest absolute Gasteiger partial charge is 0.394 e. The second-order valence-corrected chi connectivity index (χ2v) is 10.7. The van der Waals surface area contributed by atoms with Gasteiger partial charge in [0.25, 0.3) is 5.91 Å². The molecule has 41 heavy (non-hydrogen) atoms. The van der Waals surface area contributed by atoms with Crippen LogP contribution in [0.4, 0.5) is 10.1 Å². The summed E-state index contributed by atoms with van der Waals surface area (Å²) in [4.78, 5) is 25.6. The molecular weight excluding hydrogens is 634 g/mol. The second-order valence-electron chi connectivity index (χ2n) is 10.3. The number of rotatable bonds is 12. The molecule has 0 spiro atoms. The van der Waals surface area contributed by atoms with E-state index in [2.05, 4.69) is 13.0 Å². The number of amides is 1. The Labute approximate surface area is 254 Å². The Balaban J connectivity index is 1.86. The molecule has 8 heteroatoms. The summed E-state index contributed by atoms with van der Waals surface area (Å²) < 4.78 is 20.8. The van der Waals surface area contributed by atoms with Gasteiger partial charge in [-0.25, -0.2) is 4.39 Å². The van der Waals surface area contributed by atoms with E-state index in [4.69, 9.17) is 0 Å². The Hall–Kier alpha value is -3.50. The summed E-state index contributed by atoms with van der Waals surface area (Å²) in [5.41, 5.74) is 5.25. The highest BCUT2D eigenvalue weighted by atomic mass is 127. The number of nitrogens with one attached hydrogen (secondary N) is 1. The van der Waals surface area contributed by atoms with E-state index in [1.165, 1.54) is 12.1 Å². The van der Waals surface area contributed by atoms with Crippen LogP contribution in [0, 0.1) is 5.82 Å². The first-order chi connectivity index (χ1) is 19.8. The van der Waals surface area contributed by atoms with Crippen LogP contribution in [0.25, 0.3) is 22.4 Å². The Bertz CT molecular complexity index is 1450. The lowest BCUT2D eigenvalue weighted by molar-refractivity contribution is -0.131. The van der Waals surface area contributed by atoms with E-state index in [1.807, 2.05) is 74.5 Å². The van der Waals surface area contributed by atoms with Crippen molar-refractivity contribution in [1.82, 2.24) is 4.57 Å². The predicted octanol–water partition coefficient (Wildman–Crippen LogP) is 8.15. The van der Waals surface area contributed by atoms with E-state index >= 15 is 0 Å². The monoisotopic (exact) mass is 668 g/mol. The first-order valence-corrected chi connectivity index (χ1v) is 14.6. The molecule has 1 amide bonds. The average molecular weight is 669 g/mol. The van der Waals surface area contributed by atoms with Gasteiger partial charge in [-0.2, -0.15) is 0 Å². The summed E-state index contributed by atoms with van der Waals surface area (Å²) in [7, 11) is 0. The molecule has 0 fully saturated rings. The molecule has 0 bridgehead atoms. The first kappa shape index (κ1) is 30.5. The second kappa shape index (κ2) is 14.4. The molecule has 0 radical (unpaired) electrons. The fourth-order valence-electron chi connectivity index (χ4n) is 5.15. The number of aromatic nitrogens is 1. The number of carbonyl (C=O) groups excluding carboxylic acids is 2. The third-order valence-electron chi connectivity index (χ3n) is 6.98. The number of aliphatic hydroxyl groups is 1. The van der Waals surface area contributed by atoms with Gasteiger partial charge in [0.05, 0.1) is 17.4 Å². The third-order valence-corrected chi connectivity index (χ3v) is 7.47. The van der Waals surface area contributed by atoms with Gasteiger partial charge in [0.1, 0.15) is 5.82 Å². The normalized spacial score (nSPS) is 11.9. The zero-order valence-electron chi connectivity index (χ0n) is 23.1. The van der Waals surface area contributed by atoms with Gasteiger partial charge in [-0.05, 0) is 72.7 Å². The molecule has 2 N–H and O–H groups in total. The molecule has 1 aromatic heterocycles. The summed E-state index contributed by atoms with van der Waals surface area (Å²) in [5.74, 6) is -0.942. The minimum Gasteiger partial charge on any atom is -0.394 e. The Morgan fingerprint density at radius 1 is 0.927 bits per heavy atom. The summed E-state index contributed by atoms with van der Waals surface area (Å²) in [6, 6.07) is 25.3. The lowest BCUT2D eigenvalue weighted by Gasteiger charge is -2.19. The molecular formula is C33H34FIN2O4. The number of benzene rings is 3. The number of hydrogen-bond acceptors (Lipinski definition) is 4. The van der Waals surface area contributed by atoms with Crippen LogP contribution in [0.15, 0.2) is 84.9 Å². The van der Waals surface area contributed by atoms with Crippen molar-refractivity contribution in [2.45, 2.75) is 58.1 Å². The van der Waals surface area contributed by atoms with Crippen LogP contribution in [0.2, 0.25) is 0 Å². The first-order valence-electron chi connectivity index (χ1n) is 13.7. The molecule has 214 valence electrons. The predicted molar refractivity (Wildman–Crippen MR) is 168 cm³/mol. The van der Waals surface area contributed by atoms with Crippen LogP contribution in [-0.4, -0.2) is 27.7 Å². The van der Waals surface area contributed by atoms with Crippen molar-refractivity contribution in [3.05, 3.63) is 102 Å². The maximum atomic E-state index is 14.1. The smallest absolute Gasteiger partial charge is 0.315 e. The fraction of sp³-hybridized carbons (Fsp3) is 0.273. The molecule has 0 aliphatic carbocycles. The molecule has 4 aromatic rings. The van der Waals surface area contributed by atoms with Gasteiger partial charge in [0, 0.05) is 29.9 Å². The molecule has 4 rings (SSSR count). The number of aliphatic hydroxyl groups excluding tert-OH is 1. The van der Waals surface area contributed by atoms with Crippen LogP contribution in [-0.2, 0) is 14.4 Å². The minimum atomic E-state index is -0.651. The van der Waals surface area contributed by atoms with Crippen LogP contribution in [0.1, 0.15) is 61.5 Å². The summed E-state index contributed by atoms with van der Waals surface area (Å²) in [6.07, 6.45) is 0.959. The van der Waals surface area contributed by atoms with Crippen molar-refractivity contribution in [2.75, 3.05) is 5.32 Å². The van der Waals surface area contributed by atoms with Crippen molar-refractivity contribution in [3.63, 3.8) is 0 Å². The SMILES string of the molecule is CC(C)c1c(C(=O)Nc2ccccc2)c(-c2ccccc2)c(-c2ccc(F)cc2)n1CC[C@@H](O)CCCC(=O)OI. The topological polar surface area (TPSA) is 80.6 Å². The summed E-state index contributed by atoms with van der Waals surface area (Å²) in [6.45, 7) is 4.51. The molecule has 1 atom stereocenters. The number of nitrogens with zero attached hydrogens (tertiary/aromatic N) is 1. The van der Waals surface area contributed by atoms with E-state index < -0.39 is 6.10 Å². The minimum absolute atomic E-state index is 0.0428. The molecule has 0 aliphatic heterocycles. The fourth-order valence-corrected chi connectivity index (χ4v) is 5.37. The zero-order chi connectivity index (χ0) is 29.4. The quantitative estimate of drug-likeness (QED) is 0.149. The number of hydrogen-bond donors (Lipinski definition) is 2. The lowest BCUT2D eigenvalue weighted by Crippen LogP contribution is -2.18. The number of carbonyl (C=O) groups is 2. The van der Waals surface area contributed by atoms with E-state index in [0.717, 1.165) is 28.1 Å². The highest BCUT2D eigenvalue weighted by Gasteiger charge is 2.30. The van der Waals surface area contributed by atoms with E-state index in [0.29, 0.717) is 37.1 Å². The highest BCUT2D eigenvalue weighted by Crippen LogP contribution is 2.42. The van der Waals surface area contributed by atoms with E-state index in [1.54, 1.807) is 35.1 Å². The number of halogens is 2. The molecule has 0 saturated heterocycles. The van der Waals surface area contributed by atoms with Crippen molar-refractivity contribution in [2.24, 2.45) is 0 Å². The van der Waals surface area contributed by atoms with Crippen molar-refractivity contribution in [3.8, 4) is 22.4 Å². The van der Waals surface area contributed by atoms with E-state index in [-0.39, 0.29) is 30.0 Å². The molecule has 1 heterocycles. The average Bonchev–Trinajstić information content (AvgIpc) is 3.33. The van der Waals surface area contributed by atoms with Gasteiger partial charge < -0.3 is 18.1 Å². The lowest BCUT2D eigenvalue weighted by atomic mass is 9.94.